The van der Waals surface area contributed by atoms with Crippen LogP contribution in [0.2, 0.25) is 0 Å². The molecule has 2 aliphatic rings. The molecule has 1 amide bonds. The number of rotatable bonds is 5. The number of nitrogens with zero attached hydrogens (tertiary/aromatic N) is 2. The molecule has 1 aliphatic carbocycles. The third-order valence-corrected chi connectivity index (χ3v) is 6.62. The molecule has 5 nitrogen and oxygen atoms in total. The van der Waals surface area contributed by atoms with Crippen LogP contribution in [0.15, 0.2) is 59.6 Å². The number of ether oxygens (including phenoxy) is 1. The summed E-state index contributed by atoms with van der Waals surface area (Å²) in [6.45, 7) is 3.87. The van der Waals surface area contributed by atoms with Crippen molar-refractivity contribution < 1.29 is 9.53 Å². The highest BCUT2D eigenvalue weighted by molar-refractivity contribution is 5.98. The van der Waals surface area contributed by atoms with E-state index in [2.05, 4.69) is 35.5 Å². The van der Waals surface area contributed by atoms with Gasteiger partial charge in [-0.05, 0) is 49.4 Å². The van der Waals surface area contributed by atoms with Crippen LogP contribution in [0.1, 0.15) is 47.3 Å². The zero-order valence-corrected chi connectivity index (χ0v) is 18.0. The number of carbonyl (C=O) groups is 1. The molecule has 3 atom stereocenters. The summed E-state index contributed by atoms with van der Waals surface area (Å²) in [6, 6.07) is 18.7. The van der Waals surface area contributed by atoms with Crippen molar-refractivity contribution in [1.82, 2.24) is 9.88 Å². The van der Waals surface area contributed by atoms with Gasteiger partial charge in [0.15, 0.2) is 0 Å². The van der Waals surface area contributed by atoms with Crippen LogP contribution in [-0.2, 0) is 11.2 Å². The van der Waals surface area contributed by atoms with E-state index in [1.54, 1.807) is 0 Å². The number of H-pyrrole nitrogens is 1. The topological polar surface area (TPSA) is 57.7 Å². The Bertz CT molecular complexity index is 1070. The number of fused-ring (bicyclic) bond motifs is 2. The second-order valence-corrected chi connectivity index (χ2v) is 8.58. The van der Waals surface area contributed by atoms with Gasteiger partial charge in [0.1, 0.15) is 5.69 Å². The maximum atomic E-state index is 13.3. The van der Waals surface area contributed by atoms with Gasteiger partial charge in [-0.15, -0.1) is 0 Å². The van der Waals surface area contributed by atoms with Gasteiger partial charge in [0.2, 0.25) is 0 Å². The minimum absolute atomic E-state index is 0.0293. The molecule has 1 fully saturated rings. The third kappa shape index (κ3) is 4.02. The van der Waals surface area contributed by atoms with E-state index < -0.39 is 0 Å². The van der Waals surface area contributed by atoms with Gasteiger partial charge in [-0.2, -0.15) is 0 Å². The average molecular weight is 416 g/mol. The Labute approximate surface area is 183 Å². The van der Waals surface area contributed by atoms with Crippen LogP contribution < -0.4 is 0 Å². The van der Waals surface area contributed by atoms with Crippen LogP contribution in [0.4, 0.5) is 0 Å². The van der Waals surface area contributed by atoms with Crippen molar-refractivity contribution in [3.63, 3.8) is 0 Å². The number of nitrogens with one attached hydrogen (secondary N) is 1. The van der Waals surface area contributed by atoms with Gasteiger partial charge in [-0.1, -0.05) is 42.5 Å². The molecule has 160 valence electrons. The minimum atomic E-state index is 0.0293. The molecule has 5 heteroatoms. The number of carbonyl (C=O) groups excluding carboxylic acids is 1. The molecule has 5 rings (SSSR count). The van der Waals surface area contributed by atoms with E-state index in [1.807, 2.05) is 42.2 Å². The van der Waals surface area contributed by atoms with E-state index >= 15 is 0 Å². The molecule has 2 heterocycles. The molecule has 3 aromatic rings. The number of amides is 1. The largest absolute Gasteiger partial charge is 0.377 e. The Morgan fingerprint density at radius 3 is 2.90 bits per heavy atom. The molecule has 31 heavy (non-hydrogen) atoms. The van der Waals surface area contributed by atoms with Gasteiger partial charge in [0, 0.05) is 29.6 Å². The monoisotopic (exact) mass is 415 g/mol. The second-order valence-electron chi connectivity index (χ2n) is 8.58. The minimum Gasteiger partial charge on any atom is -0.377 e. The first-order valence-corrected chi connectivity index (χ1v) is 11.3. The molecule has 0 spiro atoms. The van der Waals surface area contributed by atoms with Crippen LogP contribution >= 0.6 is 0 Å². The van der Waals surface area contributed by atoms with Crippen molar-refractivity contribution in [3.05, 3.63) is 71.4 Å². The van der Waals surface area contributed by atoms with E-state index in [9.17, 15) is 4.79 Å². The van der Waals surface area contributed by atoms with E-state index in [4.69, 9.17) is 9.73 Å². The zero-order chi connectivity index (χ0) is 21.2. The fraction of sp³-hybridized carbons (Fsp3) is 0.385. The summed E-state index contributed by atoms with van der Waals surface area (Å²) < 4.78 is 5.89. The predicted molar refractivity (Wildman–Crippen MR) is 124 cm³/mol. The molecule has 1 N–H and O–H groups in total. The molecular formula is C26H29N3O2. The first-order chi connectivity index (χ1) is 15.2. The summed E-state index contributed by atoms with van der Waals surface area (Å²) >= 11 is 0. The number of aromatic amines is 1. The van der Waals surface area contributed by atoms with Crippen molar-refractivity contribution in [1.29, 1.82) is 0 Å². The molecule has 1 aromatic heterocycles. The molecule has 1 saturated heterocycles. The van der Waals surface area contributed by atoms with E-state index in [0.717, 1.165) is 30.2 Å². The molecule has 0 radical (unpaired) electrons. The Morgan fingerprint density at radius 1 is 1.19 bits per heavy atom. The predicted octanol–water partition coefficient (Wildman–Crippen LogP) is 4.59. The van der Waals surface area contributed by atoms with Gasteiger partial charge < -0.3 is 14.6 Å². The van der Waals surface area contributed by atoms with Crippen LogP contribution in [-0.4, -0.2) is 53.8 Å². The van der Waals surface area contributed by atoms with Crippen molar-refractivity contribution in [2.45, 2.75) is 44.2 Å². The quantitative estimate of drug-likeness (QED) is 0.620. The SMILES string of the molecule is CCN(C(=O)c1cc2ccccc2[nH]1)[C@H]1COC[C@H](/N=C/C2CCc3ccccc32)C1. The standard InChI is InChI=1S/C26H29N3O2/c1-2-29(26(30)25-13-19-8-4-6-10-24(19)28-25)22-14-21(16-31-17-22)27-15-20-12-11-18-7-3-5-9-23(18)20/h3-10,13,15,20-22,28H,2,11-12,14,16-17H2,1H3/b27-15+/t20?,21-,22-/m1/s1. The normalized spacial score (nSPS) is 23.3. The Balaban J connectivity index is 1.28. The summed E-state index contributed by atoms with van der Waals surface area (Å²) in [7, 11) is 0. The summed E-state index contributed by atoms with van der Waals surface area (Å²) in [4.78, 5) is 23.4. The summed E-state index contributed by atoms with van der Waals surface area (Å²) in [5, 5.41) is 1.06. The number of hydrogen-bond acceptors (Lipinski definition) is 3. The first kappa shape index (κ1) is 20.0. The Kier molecular flexibility index (Phi) is 5.60. The summed E-state index contributed by atoms with van der Waals surface area (Å²) in [5.74, 6) is 0.425. The van der Waals surface area contributed by atoms with E-state index in [1.165, 1.54) is 11.1 Å². The van der Waals surface area contributed by atoms with Gasteiger partial charge in [0.25, 0.3) is 5.91 Å². The highest BCUT2D eigenvalue weighted by atomic mass is 16.5. The number of aliphatic imine (C=N–C) groups is 1. The van der Waals surface area contributed by atoms with Gasteiger partial charge in [-0.3, -0.25) is 9.79 Å². The van der Waals surface area contributed by atoms with Gasteiger partial charge >= 0.3 is 0 Å². The number of aromatic nitrogens is 1. The molecule has 1 aliphatic heterocycles. The molecular weight excluding hydrogens is 386 g/mol. The van der Waals surface area contributed by atoms with E-state index in [-0.39, 0.29) is 18.0 Å². The fourth-order valence-electron chi connectivity index (χ4n) is 4.99. The highest BCUT2D eigenvalue weighted by Crippen LogP contribution is 2.31. The van der Waals surface area contributed by atoms with Crippen LogP contribution in [0.3, 0.4) is 0 Å². The Hall–Kier alpha value is -2.92. The zero-order valence-electron chi connectivity index (χ0n) is 18.0. The highest BCUT2D eigenvalue weighted by Gasteiger charge is 2.31. The summed E-state index contributed by atoms with van der Waals surface area (Å²) in [5.41, 5.74) is 4.47. The van der Waals surface area contributed by atoms with Crippen LogP contribution in [0.25, 0.3) is 10.9 Å². The number of likely N-dealkylation sites (N-methyl/N-ethyl adjacent to an activating group) is 1. The van der Waals surface area contributed by atoms with Gasteiger partial charge in [-0.25, -0.2) is 0 Å². The molecule has 2 aromatic carbocycles. The van der Waals surface area contributed by atoms with Crippen LogP contribution in [0, 0.1) is 0 Å². The maximum absolute atomic E-state index is 13.3. The average Bonchev–Trinajstić information content (AvgIpc) is 3.43. The number of benzene rings is 2. The summed E-state index contributed by atoms with van der Waals surface area (Å²) in [6.07, 6.45) is 5.21. The third-order valence-electron chi connectivity index (χ3n) is 6.62. The van der Waals surface area contributed by atoms with Crippen LogP contribution in [0.5, 0.6) is 0 Å². The van der Waals surface area contributed by atoms with Crippen molar-refractivity contribution >= 4 is 23.0 Å². The van der Waals surface area contributed by atoms with Crippen molar-refractivity contribution in [2.75, 3.05) is 19.8 Å². The molecule has 1 unspecified atom stereocenters. The lowest BCUT2D eigenvalue weighted by molar-refractivity contribution is 0.0103. The first-order valence-electron chi connectivity index (χ1n) is 11.3. The number of hydrogen-bond donors (Lipinski definition) is 1. The number of aryl methyl sites for hydroxylation is 1. The Morgan fingerprint density at radius 2 is 2.03 bits per heavy atom. The van der Waals surface area contributed by atoms with Crippen molar-refractivity contribution in [3.8, 4) is 0 Å². The lowest BCUT2D eigenvalue weighted by atomic mass is 10.0. The van der Waals surface area contributed by atoms with Crippen molar-refractivity contribution in [2.24, 2.45) is 4.99 Å². The smallest absolute Gasteiger partial charge is 0.270 e. The lowest BCUT2D eigenvalue weighted by Crippen LogP contribution is -2.48. The van der Waals surface area contributed by atoms with Gasteiger partial charge in [0.05, 0.1) is 25.3 Å². The fourth-order valence-corrected chi connectivity index (χ4v) is 4.99. The number of para-hydroxylation sites is 1. The lowest BCUT2D eigenvalue weighted by Gasteiger charge is -2.35. The van der Waals surface area contributed by atoms with E-state index in [0.29, 0.717) is 31.4 Å². The second kappa shape index (κ2) is 8.67. The molecule has 0 bridgehead atoms. The maximum Gasteiger partial charge on any atom is 0.270 e. The molecule has 0 saturated carbocycles.